The van der Waals surface area contributed by atoms with Crippen LogP contribution in [-0.2, 0) is 0 Å². The van der Waals surface area contributed by atoms with Crippen LogP contribution in [-0.4, -0.2) is 54.1 Å². The Hall–Kier alpha value is -4.53. The summed E-state index contributed by atoms with van der Waals surface area (Å²) < 4.78 is 0. The first-order chi connectivity index (χ1) is 17.6. The molecule has 5 rings (SSSR count). The van der Waals surface area contributed by atoms with Crippen molar-refractivity contribution >= 4 is 34.3 Å². The zero-order valence-corrected chi connectivity index (χ0v) is 20.4. The van der Waals surface area contributed by atoms with Crippen LogP contribution < -0.4 is 20.9 Å². The number of nitrogens with zero attached hydrogens (tertiary/aromatic N) is 4. The van der Waals surface area contributed by atoms with E-state index in [2.05, 4.69) is 36.9 Å². The van der Waals surface area contributed by atoms with Crippen LogP contribution in [0.3, 0.4) is 0 Å². The number of nitrogens with one attached hydrogen (secondary N) is 3. The lowest BCUT2D eigenvalue weighted by Crippen LogP contribution is -2.28. The number of rotatable bonds is 4. The molecule has 184 valence electrons. The molecule has 2 aromatic carbocycles. The number of hydrogen-bond acceptors (Lipinski definition) is 6. The fourth-order valence-corrected chi connectivity index (χ4v) is 3.85. The molecule has 3 amide bonds. The minimum Gasteiger partial charge on any atom is -0.357 e. The van der Waals surface area contributed by atoms with Crippen LogP contribution >= 0.6 is 0 Å². The van der Waals surface area contributed by atoms with Crippen LogP contribution in [0, 0.1) is 0 Å². The first-order valence-electron chi connectivity index (χ1n) is 11.8. The number of fused-ring (bicyclic) bond motifs is 1. The van der Waals surface area contributed by atoms with Crippen molar-refractivity contribution in [1.82, 2.24) is 25.6 Å². The summed E-state index contributed by atoms with van der Waals surface area (Å²) in [6.45, 7) is 2.13. The predicted octanol–water partition coefficient (Wildman–Crippen LogP) is 4.09. The Bertz CT molecular complexity index is 1320. The Balaban J connectivity index is 0.000000455. The molecule has 0 saturated carbocycles. The Morgan fingerprint density at radius 2 is 1.53 bits per heavy atom. The number of anilines is 2. The maximum absolute atomic E-state index is 12.6. The van der Waals surface area contributed by atoms with Crippen LogP contribution in [0.15, 0.2) is 73.1 Å². The summed E-state index contributed by atoms with van der Waals surface area (Å²) in [4.78, 5) is 38.1. The molecule has 9 nitrogen and oxygen atoms in total. The van der Waals surface area contributed by atoms with Gasteiger partial charge in [0, 0.05) is 56.2 Å². The summed E-state index contributed by atoms with van der Waals surface area (Å²) in [5, 5.41) is 8.59. The smallest absolute Gasteiger partial charge is 0.314 e. The summed E-state index contributed by atoms with van der Waals surface area (Å²) in [7, 11) is 3.14. The third-order valence-electron chi connectivity index (χ3n) is 5.78. The van der Waals surface area contributed by atoms with E-state index in [1.54, 1.807) is 26.5 Å². The van der Waals surface area contributed by atoms with Crippen molar-refractivity contribution in [3.8, 4) is 11.1 Å². The molecule has 0 aliphatic carbocycles. The van der Waals surface area contributed by atoms with Crippen molar-refractivity contribution in [3.63, 3.8) is 0 Å². The highest BCUT2D eigenvalue weighted by molar-refractivity contribution is 6.02. The van der Waals surface area contributed by atoms with E-state index in [0.29, 0.717) is 5.69 Å². The molecule has 36 heavy (non-hydrogen) atoms. The van der Waals surface area contributed by atoms with Gasteiger partial charge in [0.15, 0.2) is 0 Å². The summed E-state index contributed by atoms with van der Waals surface area (Å²) in [5.74, 6) is 0.816. The molecule has 0 unspecified atom stereocenters. The van der Waals surface area contributed by atoms with Gasteiger partial charge in [-0.05, 0) is 48.7 Å². The third kappa shape index (κ3) is 6.12. The topological polar surface area (TPSA) is 112 Å². The van der Waals surface area contributed by atoms with Gasteiger partial charge in [-0.25, -0.2) is 19.7 Å². The number of carbonyl (C=O) groups is 2. The number of hydrogen-bond donors (Lipinski definition) is 3. The number of aromatic nitrogens is 3. The first-order valence-corrected chi connectivity index (χ1v) is 11.8. The minimum atomic E-state index is -0.337. The van der Waals surface area contributed by atoms with Gasteiger partial charge in [-0.1, -0.05) is 30.3 Å². The molecule has 0 bridgehead atoms. The van der Waals surface area contributed by atoms with Crippen molar-refractivity contribution < 1.29 is 9.59 Å². The lowest BCUT2D eigenvalue weighted by atomic mass is 10.1. The second-order valence-corrected chi connectivity index (χ2v) is 8.22. The van der Waals surface area contributed by atoms with Gasteiger partial charge in [-0.2, -0.15) is 0 Å². The van der Waals surface area contributed by atoms with Crippen molar-refractivity contribution in [2.75, 3.05) is 37.4 Å². The van der Waals surface area contributed by atoms with Crippen LogP contribution in [0.25, 0.3) is 22.0 Å². The molecular formula is C27H29N7O2. The zero-order chi connectivity index (χ0) is 25.3. The molecule has 9 heteroatoms. The molecule has 3 N–H and O–H groups in total. The van der Waals surface area contributed by atoms with Gasteiger partial charge in [0.2, 0.25) is 5.82 Å². The van der Waals surface area contributed by atoms with Gasteiger partial charge in [-0.15, -0.1) is 0 Å². The molecule has 1 fully saturated rings. The molecule has 1 saturated heterocycles. The summed E-state index contributed by atoms with van der Waals surface area (Å²) in [5.41, 5.74) is 3.50. The number of benzene rings is 2. The lowest BCUT2D eigenvalue weighted by Gasteiger charge is -2.16. The molecule has 2 aromatic heterocycles. The van der Waals surface area contributed by atoms with Gasteiger partial charge < -0.3 is 20.9 Å². The Kier molecular flexibility index (Phi) is 8.02. The van der Waals surface area contributed by atoms with Gasteiger partial charge in [0.1, 0.15) is 5.82 Å². The summed E-state index contributed by atoms with van der Waals surface area (Å²) in [6, 6.07) is 19.5. The molecular weight excluding hydrogens is 454 g/mol. The lowest BCUT2D eigenvalue weighted by molar-refractivity contribution is 0.101. The van der Waals surface area contributed by atoms with Gasteiger partial charge in [-0.3, -0.25) is 4.79 Å². The average Bonchev–Trinajstić information content (AvgIpc) is 3.48. The maximum Gasteiger partial charge on any atom is 0.314 e. The Morgan fingerprint density at radius 1 is 0.833 bits per heavy atom. The van der Waals surface area contributed by atoms with Crippen molar-refractivity contribution in [2.45, 2.75) is 12.8 Å². The molecule has 1 aliphatic heterocycles. The molecule has 0 radical (unpaired) electrons. The van der Waals surface area contributed by atoms with E-state index in [9.17, 15) is 9.59 Å². The monoisotopic (exact) mass is 483 g/mol. The quantitative estimate of drug-likeness (QED) is 0.403. The van der Waals surface area contributed by atoms with Crippen LogP contribution in [0.2, 0.25) is 0 Å². The van der Waals surface area contributed by atoms with E-state index in [4.69, 9.17) is 4.98 Å². The number of pyridine rings is 1. The van der Waals surface area contributed by atoms with Crippen LogP contribution in [0.4, 0.5) is 16.3 Å². The fraction of sp³-hybridized carbons (Fsp3) is 0.222. The van der Waals surface area contributed by atoms with E-state index >= 15 is 0 Å². The molecule has 0 spiro atoms. The SMILES string of the molecule is CNC(=O)NC.O=C(Nc1ccc2nc(N3CCCC3)ccc2c1)c1ncc(-c2ccccc2)cn1. The fourth-order valence-electron chi connectivity index (χ4n) is 3.85. The van der Waals surface area contributed by atoms with Crippen LogP contribution in [0.1, 0.15) is 23.5 Å². The highest BCUT2D eigenvalue weighted by Crippen LogP contribution is 2.24. The third-order valence-corrected chi connectivity index (χ3v) is 5.78. The van der Waals surface area contributed by atoms with E-state index in [0.717, 1.165) is 40.9 Å². The first kappa shape index (κ1) is 24.6. The normalized spacial score (nSPS) is 12.4. The van der Waals surface area contributed by atoms with Crippen molar-refractivity contribution in [3.05, 3.63) is 78.9 Å². The highest BCUT2D eigenvalue weighted by atomic mass is 16.2. The number of urea groups is 1. The van der Waals surface area contributed by atoms with Gasteiger partial charge in [0.25, 0.3) is 5.91 Å². The number of carbonyl (C=O) groups excluding carboxylic acids is 2. The second-order valence-electron chi connectivity index (χ2n) is 8.22. The molecule has 4 aromatic rings. The Morgan fingerprint density at radius 3 is 2.17 bits per heavy atom. The van der Waals surface area contributed by atoms with Crippen molar-refractivity contribution in [2.24, 2.45) is 0 Å². The molecule has 3 heterocycles. The van der Waals surface area contributed by atoms with E-state index < -0.39 is 0 Å². The zero-order valence-electron chi connectivity index (χ0n) is 20.4. The largest absolute Gasteiger partial charge is 0.357 e. The standard InChI is InChI=1S/C24H21N5O.C3H8N2O/c30-24(23-25-15-19(16-26-23)17-6-2-1-3-7-17)27-20-9-10-21-18(14-20)8-11-22(28-21)29-12-4-5-13-29;1-4-3(6)5-2/h1-3,6-11,14-16H,4-5,12-13H2,(H,27,30);1-2H3,(H2,4,5,6). The van der Waals surface area contributed by atoms with Crippen molar-refractivity contribution in [1.29, 1.82) is 0 Å². The highest BCUT2D eigenvalue weighted by Gasteiger charge is 2.14. The van der Waals surface area contributed by atoms with E-state index in [1.807, 2.05) is 54.6 Å². The maximum atomic E-state index is 12.6. The molecule has 1 aliphatic rings. The molecule has 0 atom stereocenters. The van der Waals surface area contributed by atoms with E-state index in [-0.39, 0.29) is 17.8 Å². The number of amides is 3. The summed E-state index contributed by atoms with van der Waals surface area (Å²) in [6.07, 6.45) is 5.78. The second kappa shape index (κ2) is 11.7. The Labute approximate surface area is 210 Å². The van der Waals surface area contributed by atoms with E-state index in [1.165, 1.54) is 12.8 Å². The van der Waals surface area contributed by atoms with Crippen LogP contribution in [0.5, 0.6) is 0 Å². The minimum absolute atomic E-state index is 0.136. The predicted molar refractivity (Wildman–Crippen MR) is 142 cm³/mol. The summed E-state index contributed by atoms with van der Waals surface area (Å²) >= 11 is 0. The van der Waals surface area contributed by atoms with Gasteiger partial charge in [0.05, 0.1) is 5.52 Å². The van der Waals surface area contributed by atoms with Gasteiger partial charge >= 0.3 is 6.03 Å². The average molecular weight is 484 g/mol.